The van der Waals surface area contributed by atoms with E-state index >= 15 is 0 Å². The molecule has 1 aromatic rings. The highest BCUT2D eigenvalue weighted by molar-refractivity contribution is 5.80. The van der Waals surface area contributed by atoms with Gasteiger partial charge in [0.2, 0.25) is 5.91 Å². The normalized spacial score (nSPS) is 30.1. The smallest absolute Gasteiger partial charge is 0.244 e. The zero-order chi connectivity index (χ0) is 15.7. The Morgan fingerprint density at radius 1 is 1.27 bits per heavy atom. The maximum atomic E-state index is 12.1. The molecule has 2 aliphatic rings. The third kappa shape index (κ3) is 3.15. The molecule has 122 valence electrons. The minimum atomic E-state index is -0.225. The van der Waals surface area contributed by atoms with Crippen LogP contribution in [-0.4, -0.2) is 33.5 Å². The van der Waals surface area contributed by atoms with E-state index in [-0.39, 0.29) is 23.4 Å². The number of amides is 1. The number of hydrogen-bond donors (Lipinski definition) is 3. The largest absolute Gasteiger partial charge is 0.354 e. The second-order valence-electron chi connectivity index (χ2n) is 7.42. The Hall–Kier alpha value is -1.47. The maximum Gasteiger partial charge on any atom is 0.244 e. The summed E-state index contributed by atoms with van der Waals surface area (Å²) in [4.78, 5) is 12.1. The maximum absolute atomic E-state index is 12.1. The molecule has 7 nitrogen and oxygen atoms in total. The number of carbonyl (C=O) groups excluding carboxylic acids is 1. The zero-order valence-electron chi connectivity index (χ0n) is 13.6. The highest BCUT2D eigenvalue weighted by Gasteiger charge is 2.35. The summed E-state index contributed by atoms with van der Waals surface area (Å²) in [7, 11) is 0. The summed E-state index contributed by atoms with van der Waals surface area (Å²) in [5.74, 6) is 0.0547. The molecule has 0 bridgehead atoms. The fraction of sp³-hybridized carbons (Fsp3) is 0.800. The van der Waals surface area contributed by atoms with Gasteiger partial charge in [-0.15, -0.1) is 5.10 Å². The third-order valence-corrected chi connectivity index (χ3v) is 4.66. The van der Waals surface area contributed by atoms with E-state index in [2.05, 4.69) is 47.3 Å². The van der Waals surface area contributed by atoms with Crippen LogP contribution < -0.4 is 16.2 Å². The standard InChI is InChI=1S/C15H26N6O/c1-15(2,3)13-8-10(17-19-13)11-9-21(20-18-11)12-6-4-5-7-16-14(12)22/h9-10,12-13,17,19H,4-8H2,1-3H3,(H,16,22)/t10?,12-,13?/m0/s1. The second-order valence-corrected chi connectivity index (χ2v) is 7.42. The Labute approximate surface area is 131 Å². The van der Waals surface area contributed by atoms with Crippen molar-refractivity contribution in [2.24, 2.45) is 5.41 Å². The lowest BCUT2D eigenvalue weighted by Gasteiger charge is -2.25. The van der Waals surface area contributed by atoms with Crippen LogP contribution in [-0.2, 0) is 4.79 Å². The van der Waals surface area contributed by atoms with Gasteiger partial charge in [-0.2, -0.15) is 0 Å². The van der Waals surface area contributed by atoms with Gasteiger partial charge < -0.3 is 5.32 Å². The fourth-order valence-corrected chi connectivity index (χ4v) is 3.10. The van der Waals surface area contributed by atoms with Crippen LogP contribution in [0.3, 0.4) is 0 Å². The molecule has 2 saturated heterocycles. The van der Waals surface area contributed by atoms with E-state index in [0.717, 1.165) is 37.9 Å². The molecular weight excluding hydrogens is 280 g/mol. The SMILES string of the molecule is CC(C)(C)C1CC(c2cn([C@H]3CCCCNC3=O)nn2)NN1. The van der Waals surface area contributed by atoms with Crippen LogP contribution >= 0.6 is 0 Å². The van der Waals surface area contributed by atoms with Gasteiger partial charge in [0.15, 0.2) is 0 Å². The number of hydrazine groups is 1. The molecule has 0 saturated carbocycles. The molecule has 3 atom stereocenters. The monoisotopic (exact) mass is 306 g/mol. The van der Waals surface area contributed by atoms with Crippen LogP contribution in [0.25, 0.3) is 0 Å². The van der Waals surface area contributed by atoms with Crippen molar-refractivity contribution in [1.82, 2.24) is 31.2 Å². The van der Waals surface area contributed by atoms with Crippen molar-refractivity contribution in [3.05, 3.63) is 11.9 Å². The van der Waals surface area contributed by atoms with Crippen molar-refractivity contribution >= 4 is 5.91 Å². The summed E-state index contributed by atoms with van der Waals surface area (Å²) in [6.07, 6.45) is 5.79. The van der Waals surface area contributed by atoms with E-state index in [9.17, 15) is 4.79 Å². The van der Waals surface area contributed by atoms with E-state index in [0.29, 0.717) is 6.04 Å². The zero-order valence-corrected chi connectivity index (χ0v) is 13.6. The summed E-state index contributed by atoms with van der Waals surface area (Å²) in [5, 5.41) is 11.4. The molecule has 3 heterocycles. The molecule has 2 fully saturated rings. The van der Waals surface area contributed by atoms with Crippen LogP contribution in [0.15, 0.2) is 6.20 Å². The topological polar surface area (TPSA) is 83.9 Å². The van der Waals surface area contributed by atoms with Crippen LogP contribution in [0.1, 0.15) is 64.2 Å². The lowest BCUT2D eigenvalue weighted by Crippen LogP contribution is -2.39. The summed E-state index contributed by atoms with van der Waals surface area (Å²) in [5.41, 5.74) is 7.74. The predicted molar refractivity (Wildman–Crippen MR) is 82.8 cm³/mol. The Morgan fingerprint density at radius 3 is 2.82 bits per heavy atom. The molecule has 3 N–H and O–H groups in total. The minimum Gasteiger partial charge on any atom is -0.354 e. The molecule has 2 unspecified atom stereocenters. The molecule has 0 radical (unpaired) electrons. The first-order valence-corrected chi connectivity index (χ1v) is 8.15. The number of nitrogens with zero attached hydrogens (tertiary/aromatic N) is 3. The summed E-state index contributed by atoms with van der Waals surface area (Å²) in [6, 6.07) is 0.312. The number of carbonyl (C=O) groups is 1. The van der Waals surface area contributed by atoms with Gasteiger partial charge in [-0.1, -0.05) is 26.0 Å². The van der Waals surface area contributed by atoms with Crippen LogP contribution in [0, 0.1) is 5.41 Å². The highest BCUT2D eigenvalue weighted by atomic mass is 16.2. The van der Waals surface area contributed by atoms with Gasteiger partial charge in [0, 0.05) is 12.6 Å². The summed E-state index contributed by atoms with van der Waals surface area (Å²) in [6.45, 7) is 7.43. The fourth-order valence-electron chi connectivity index (χ4n) is 3.10. The molecule has 22 heavy (non-hydrogen) atoms. The van der Waals surface area contributed by atoms with Gasteiger partial charge in [-0.25, -0.2) is 10.1 Å². The quantitative estimate of drug-likeness (QED) is 0.761. The molecule has 0 spiro atoms. The van der Waals surface area contributed by atoms with E-state index in [1.54, 1.807) is 4.68 Å². The van der Waals surface area contributed by atoms with E-state index < -0.39 is 0 Å². The molecule has 0 aromatic carbocycles. The van der Waals surface area contributed by atoms with Crippen LogP contribution in [0.5, 0.6) is 0 Å². The molecular formula is C15H26N6O. The van der Waals surface area contributed by atoms with Crippen molar-refractivity contribution in [2.45, 2.75) is 64.6 Å². The van der Waals surface area contributed by atoms with Gasteiger partial charge >= 0.3 is 0 Å². The lowest BCUT2D eigenvalue weighted by molar-refractivity contribution is -0.124. The van der Waals surface area contributed by atoms with Gasteiger partial charge in [-0.05, 0) is 31.1 Å². The van der Waals surface area contributed by atoms with Gasteiger partial charge in [0.1, 0.15) is 11.7 Å². The summed E-state index contributed by atoms with van der Waals surface area (Å²) < 4.78 is 1.72. The lowest BCUT2D eigenvalue weighted by atomic mass is 9.84. The van der Waals surface area contributed by atoms with Gasteiger partial charge in [-0.3, -0.25) is 10.2 Å². The van der Waals surface area contributed by atoms with Crippen LogP contribution in [0.2, 0.25) is 0 Å². The van der Waals surface area contributed by atoms with E-state index in [1.165, 1.54) is 0 Å². The Kier molecular flexibility index (Phi) is 4.18. The van der Waals surface area contributed by atoms with Crippen molar-refractivity contribution in [2.75, 3.05) is 6.54 Å². The number of aromatic nitrogens is 3. The number of hydrogen-bond acceptors (Lipinski definition) is 5. The Morgan fingerprint density at radius 2 is 2.09 bits per heavy atom. The molecule has 1 amide bonds. The average Bonchev–Trinajstić information content (AvgIpc) is 3.06. The van der Waals surface area contributed by atoms with E-state index in [4.69, 9.17) is 0 Å². The Bertz CT molecular complexity index is 534. The molecule has 7 heteroatoms. The minimum absolute atomic E-state index is 0.0547. The summed E-state index contributed by atoms with van der Waals surface area (Å²) >= 11 is 0. The highest BCUT2D eigenvalue weighted by Crippen LogP contribution is 2.31. The first kappa shape index (κ1) is 15.4. The van der Waals surface area contributed by atoms with Crippen molar-refractivity contribution in [3.63, 3.8) is 0 Å². The van der Waals surface area contributed by atoms with Gasteiger partial charge in [0.05, 0.1) is 12.2 Å². The second kappa shape index (κ2) is 5.96. The number of rotatable bonds is 2. The van der Waals surface area contributed by atoms with Crippen molar-refractivity contribution in [1.29, 1.82) is 0 Å². The van der Waals surface area contributed by atoms with Gasteiger partial charge in [0.25, 0.3) is 0 Å². The first-order chi connectivity index (χ1) is 10.4. The number of nitrogens with one attached hydrogen (secondary N) is 3. The van der Waals surface area contributed by atoms with Crippen LogP contribution in [0.4, 0.5) is 0 Å². The average molecular weight is 306 g/mol. The molecule has 3 rings (SSSR count). The molecule has 2 aliphatic heterocycles. The van der Waals surface area contributed by atoms with E-state index in [1.807, 2.05) is 6.20 Å². The first-order valence-electron chi connectivity index (χ1n) is 8.15. The Balaban J connectivity index is 1.70. The third-order valence-electron chi connectivity index (χ3n) is 4.66. The molecule has 1 aromatic heterocycles. The van der Waals surface area contributed by atoms with Crippen molar-refractivity contribution in [3.8, 4) is 0 Å². The molecule has 0 aliphatic carbocycles. The predicted octanol–water partition coefficient (Wildman–Crippen LogP) is 1.07. The van der Waals surface area contributed by atoms with Crippen molar-refractivity contribution < 1.29 is 4.79 Å².